The van der Waals surface area contributed by atoms with Gasteiger partial charge in [-0.1, -0.05) is 62.2 Å². The number of rotatable bonds is 7. The number of hydrogen-bond acceptors (Lipinski definition) is 3. The minimum Gasteiger partial charge on any atom is -0.324 e. The molecule has 0 aromatic heterocycles. The van der Waals surface area contributed by atoms with E-state index < -0.39 is 22.0 Å². The molecule has 2 aromatic carbocycles. The third kappa shape index (κ3) is 5.40. The molecule has 1 N–H and O–H groups in total. The lowest BCUT2D eigenvalue weighted by molar-refractivity contribution is -0.117. The van der Waals surface area contributed by atoms with E-state index in [0.717, 1.165) is 16.1 Å². The zero-order chi connectivity index (χ0) is 21.1. The van der Waals surface area contributed by atoms with Crippen LogP contribution in [0.2, 0.25) is 10.0 Å². The third-order valence-electron chi connectivity index (χ3n) is 4.27. The van der Waals surface area contributed by atoms with E-state index in [1.165, 1.54) is 18.2 Å². The van der Waals surface area contributed by atoms with Gasteiger partial charge in [-0.05, 0) is 42.2 Å². The van der Waals surface area contributed by atoms with Crippen LogP contribution in [0.4, 0.5) is 11.4 Å². The molecule has 0 fully saturated rings. The Morgan fingerprint density at radius 1 is 1.11 bits per heavy atom. The van der Waals surface area contributed by atoms with Crippen LogP contribution in [0, 0.1) is 0 Å². The number of anilines is 2. The summed E-state index contributed by atoms with van der Waals surface area (Å²) in [5.41, 5.74) is 1.89. The van der Waals surface area contributed by atoms with Gasteiger partial charge < -0.3 is 5.32 Å². The fourth-order valence-electron chi connectivity index (χ4n) is 3.06. The van der Waals surface area contributed by atoms with Crippen LogP contribution in [0.5, 0.6) is 0 Å². The van der Waals surface area contributed by atoms with E-state index in [0.29, 0.717) is 5.69 Å². The lowest BCUT2D eigenvalue weighted by Crippen LogP contribution is -2.47. The molecule has 0 saturated carbocycles. The van der Waals surface area contributed by atoms with Crippen molar-refractivity contribution in [2.75, 3.05) is 15.9 Å². The summed E-state index contributed by atoms with van der Waals surface area (Å²) in [5, 5.41) is 3.46. The van der Waals surface area contributed by atoms with E-state index in [-0.39, 0.29) is 28.1 Å². The average molecular weight is 443 g/mol. The van der Waals surface area contributed by atoms with Gasteiger partial charge in [0.25, 0.3) is 0 Å². The highest BCUT2D eigenvalue weighted by atomic mass is 35.5. The molecule has 0 spiro atoms. The Morgan fingerprint density at radius 2 is 1.68 bits per heavy atom. The molecule has 5 nitrogen and oxygen atoms in total. The number of benzene rings is 2. The second-order valence-electron chi connectivity index (χ2n) is 6.84. The van der Waals surface area contributed by atoms with Gasteiger partial charge in [-0.2, -0.15) is 0 Å². The van der Waals surface area contributed by atoms with Gasteiger partial charge in [0.15, 0.2) is 0 Å². The van der Waals surface area contributed by atoms with Gasteiger partial charge in [0.05, 0.1) is 11.9 Å². The van der Waals surface area contributed by atoms with Crippen molar-refractivity contribution in [2.24, 2.45) is 0 Å². The molecule has 2 aromatic rings. The SMILES string of the molecule is CCC(C(=O)Nc1ccccc1C(C)C)N(c1cc(Cl)cc(Cl)c1)S(C)(=O)=O. The highest BCUT2D eigenvalue weighted by molar-refractivity contribution is 7.92. The van der Waals surface area contributed by atoms with E-state index in [4.69, 9.17) is 23.2 Å². The standard InChI is InChI=1S/C20H24Cl2N2O3S/c1-5-19(20(25)23-18-9-7-6-8-17(18)13(2)3)24(28(4,26)27)16-11-14(21)10-15(22)12-16/h6-13,19H,5H2,1-4H3,(H,23,25). The van der Waals surface area contributed by atoms with Crippen molar-refractivity contribution < 1.29 is 13.2 Å². The molecular weight excluding hydrogens is 419 g/mol. The molecule has 152 valence electrons. The van der Waals surface area contributed by atoms with Crippen molar-refractivity contribution in [3.63, 3.8) is 0 Å². The minimum absolute atomic E-state index is 0.203. The maximum Gasteiger partial charge on any atom is 0.248 e. The van der Waals surface area contributed by atoms with Crippen LogP contribution in [0.1, 0.15) is 38.7 Å². The van der Waals surface area contributed by atoms with E-state index in [9.17, 15) is 13.2 Å². The summed E-state index contributed by atoms with van der Waals surface area (Å²) in [6.45, 7) is 5.81. The zero-order valence-corrected chi connectivity index (χ0v) is 18.6. The Kier molecular flexibility index (Phi) is 7.37. The van der Waals surface area contributed by atoms with Gasteiger partial charge in [-0.15, -0.1) is 0 Å². The third-order valence-corrected chi connectivity index (χ3v) is 5.89. The van der Waals surface area contributed by atoms with Crippen LogP contribution < -0.4 is 9.62 Å². The lowest BCUT2D eigenvalue weighted by atomic mass is 10.0. The molecule has 0 aliphatic rings. The predicted octanol–water partition coefficient (Wildman–Crippen LogP) is 5.30. The molecular formula is C20H24Cl2N2O3S. The predicted molar refractivity (Wildman–Crippen MR) is 117 cm³/mol. The van der Waals surface area contributed by atoms with Gasteiger partial charge in [0.1, 0.15) is 6.04 Å². The fourth-order valence-corrected chi connectivity index (χ4v) is 4.77. The molecule has 2 rings (SSSR count). The first-order valence-electron chi connectivity index (χ1n) is 8.89. The Hall–Kier alpha value is -1.76. The Labute approximate surface area is 176 Å². The summed E-state index contributed by atoms with van der Waals surface area (Å²) in [4.78, 5) is 13.1. The summed E-state index contributed by atoms with van der Waals surface area (Å²) < 4.78 is 26.2. The Bertz CT molecular complexity index is 941. The maximum atomic E-state index is 13.1. The minimum atomic E-state index is -3.77. The highest BCUT2D eigenvalue weighted by Gasteiger charge is 2.32. The average Bonchev–Trinajstić information content (AvgIpc) is 2.57. The normalized spacial score (nSPS) is 12.7. The molecule has 1 unspecified atom stereocenters. The number of carbonyl (C=O) groups is 1. The Balaban J connectivity index is 2.46. The summed E-state index contributed by atoms with van der Waals surface area (Å²) in [6.07, 6.45) is 1.33. The van der Waals surface area contributed by atoms with Crippen molar-refractivity contribution >= 4 is 50.5 Å². The first-order chi connectivity index (χ1) is 13.0. The summed E-state index contributed by atoms with van der Waals surface area (Å²) in [7, 11) is -3.77. The number of carbonyl (C=O) groups excluding carboxylic acids is 1. The number of halogens is 2. The topological polar surface area (TPSA) is 66.5 Å². The first-order valence-corrected chi connectivity index (χ1v) is 11.5. The quantitative estimate of drug-likeness (QED) is 0.632. The van der Waals surface area contributed by atoms with Gasteiger partial charge in [0, 0.05) is 15.7 Å². The molecule has 1 atom stereocenters. The summed E-state index contributed by atoms with van der Waals surface area (Å²) in [5.74, 6) is -0.216. The summed E-state index contributed by atoms with van der Waals surface area (Å²) in [6, 6.07) is 11.0. The van der Waals surface area contributed by atoms with Crippen LogP contribution in [0.15, 0.2) is 42.5 Å². The second kappa shape index (κ2) is 9.16. The number of hydrogen-bond donors (Lipinski definition) is 1. The fraction of sp³-hybridized carbons (Fsp3) is 0.350. The van der Waals surface area contributed by atoms with E-state index >= 15 is 0 Å². The molecule has 0 heterocycles. The zero-order valence-electron chi connectivity index (χ0n) is 16.2. The van der Waals surface area contributed by atoms with Crippen LogP contribution in [0.25, 0.3) is 0 Å². The van der Waals surface area contributed by atoms with Gasteiger partial charge in [-0.25, -0.2) is 8.42 Å². The van der Waals surface area contributed by atoms with E-state index in [1.54, 1.807) is 13.0 Å². The molecule has 0 radical (unpaired) electrons. The van der Waals surface area contributed by atoms with E-state index in [1.807, 2.05) is 32.0 Å². The number of para-hydroxylation sites is 1. The van der Waals surface area contributed by atoms with Gasteiger partial charge in [-0.3, -0.25) is 9.10 Å². The van der Waals surface area contributed by atoms with Crippen LogP contribution in [-0.2, 0) is 14.8 Å². The van der Waals surface area contributed by atoms with Gasteiger partial charge in [0.2, 0.25) is 15.9 Å². The smallest absolute Gasteiger partial charge is 0.248 e. The largest absolute Gasteiger partial charge is 0.324 e. The Morgan fingerprint density at radius 3 is 2.18 bits per heavy atom. The first kappa shape index (κ1) is 22.5. The number of nitrogens with one attached hydrogen (secondary N) is 1. The molecule has 0 bridgehead atoms. The number of nitrogens with zero attached hydrogens (tertiary/aromatic N) is 1. The van der Waals surface area contributed by atoms with Crippen molar-refractivity contribution in [1.82, 2.24) is 0 Å². The second-order valence-corrected chi connectivity index (χ2v) is 9.57. The monoisotopic (exact) mass is 442 g/mol. The molecule has 0 aliphatic carbocycles. The van der Waals surface area contributed by atoms with Crippen LogP contribution >= 0.6 is 23.2 Å². The number of sulfonamides is 1. The molecule has 8 heteroatoms. The highest BCUT2D eigenvalue weighted by Crippen LogP contribution is 2.30. The summed E-state index contributed by atoms with van der Waals surface area (Å²) >= 11 is 12.1. The van der Waals surface area contributed by atoms with E-state index in [2.05, 4.69) is 5.32 Å². The van der Waals surface area contributed by atoms with Gasteiger partial charge >= 0.3 is 0 Å². The van der Waals surface area contributed by atoms with Crippen molar-refractivity contribution in [1.29, 1.82) is 0 Å². The molecule has 0 aliphatic heterocycles. The number of amides is 1. The van der Waals surface area contributed by atoms with Crippen molar-refractivity contribution in [3.8, 4) is 0 Å². The van der Waals surface area contributed by atoms with Crippen molar-refractivity contribution in [3.05, 3.63) is 58.1 Å². The maximum absolute atomic E-state index is 13.1. The van der Waals surface area contributed by atoms with Crippen LogP contribution in [0.3, 0.4) is 0 Å². The molecule has 28 heavy (non-hydrogen) atoms. The van der Waals surface area contributed by atoms with Crippen molar-refractivity contribution in [2.45, 2.75) is 39.2 Å². The van der Waals surface area contributed by atoms with Crippen LogP contribution in [-0.4, -0.2) is 26.6 Å². The molecule has 0 saturated heterocycles. The molecule has 1 amide bonds. The lowest BCUT2D eigenvalue weighted by Gasteiger charge is -2.30.